The Morgan fingerprint density at radius 1 is 1.26 bits per heavy atom. The Balaban J connectivity index is 2.51. The topological polar surface area (TPSA) is 42.7 Å². The molecule has 4 nitrogen and oxygen atoms in total. The van der Waals surface area contributed by atoms with E-state index in [4.69, 9.17) is 0 Å². The van der Waals surface area contributed by atoms with Gasteiger partial charge < -0.3 is 5.32 Å². The van der Waals surface area contributed by atoms with Gasteiger partial charge in [0.15, 0.2) is 0 Å². The Kier molecular flexibility index (Phi) is 4.00. The number of rotatable bonds is 4. The van der Waals surface area contributed by atoms with Gasteiger partial charge in [-0.1, -0.05) is 13.0 Å². The van der Waals surface area contributed by atoms with Crippen molar-refractivity contribution in [3.8, 4) is 0 Å². The molecule has 2 rings (SSSR count). The fourth-order valence-corrected chi connectivity index (χ4v) is 2.53. The molecule has 2 aromatic rings. The molecule has 1 N–H and O–H groups in total. The van der Waals surface area contributed by atoms with Gasteiger partial charge in [-0.15, -0.1) is 0 Å². The second kappa shape index (κ2) is 5.53. The third-order valence-corrected chi connectivity index (χ3v) is 3.49. The fraction of sp³-hybridized carbons (Fsp3) is 0.467. The van der Waals surface area contributed by atoms with Crippen molar-refractivity contribution in [1.82, 2.24) is 20.1 Å². The number of aromatic nitrogens is 3. The van der Waals surface area contributed by atoms with Crippen LogP contribution in [0.5, 0.6) is 0 Å². The zero-order valence-corrected chi connectivity index (χ0v) is 12.4. The van der Waals surface area contributed by atoms with Crippen molar-refractivity contribution in [3.63, 3.8) is 0 Å². The smallest absolute Gasteiger partial charge is 0.0647 e. The van der Waals surface area contributed by atoms with E-state index in [0.717, 1.165) is 12.2 Å². The second-order valence-electron chi connectivity index (χ2n) is 4.99. The van der Waals surface area contributed by atoms with Gasteiger partial charge in [-0.25, -0.2) is 0 Å². The quantitative estimate of drug-likeness (QED) is 0.916. The first-order chi connectivity index (χ1) is 9.04. The molecule has 2 heterocycles. The molecule has 0 saturated heterocycles. The molecule has 0 aliphatic rings. The lowest BCUT2D eigenvalue weighted by molar-refractivity contribution is 0.620. The predicted octanol–water partition coefficient (Wildman–Crippen LogP) is 2.44. The summed E-state index contributed by atoms with van der Waals surface area (Å²) in [6.45, 7) is 9.28. The normalized spacial score (nSPS) is 12.7. The Hall–Kier alpha value is -1.68. The summed E-state index contributed by atoms with van der Waals surface area (Å²) in [7, 11) is 1.99. The third kappa shape index (κ3) is 2.68. The molecule has 1 unspecified atom stereocenters. The molecule has 0 saturated carbocycles. The Labute approximate surface area is 114 Å². The number of aryl methyl sites for hydroxylation is 3. The van der Waals surface area contributed by atoms with Crippen molar-refractivity contribution in [2.45, 2.75) is 33.7 Å². The van der Waals surface area contributed by atoms with Crippen LogP contribution in [0, 0.1) is 20.8 Å². The minimum absolute atomic E-state index is 0.158. The van der Waals surface area contributed by atoms with Gasteiger partial charge in [0.25, 0.3) is 0 Å². The average Bonchev–Trinajstić information content (AvgIpc) is 2.61. The number of hydrogen-bond donors (Lipinski definition) is 1. The van der Waals surface area contributed by atoms with E-state index >= 15 is 0 Å². The highest BCUT2D eigenvalue weighted by molar-refractivity contribution is 5.37. The van der Waals surface area contributed by atoms with Crippen LogP contribution in [0.4, 0.5) is 0 Å². The highest BCUT2D eigenvalue weighted by atomic mass is 15.3. The molecule has 2 aromatic heterocycles. The highest BCUT2D eigenvalue weighted by Gasteiger charge is 2.21. The summed E-state index contributed by atoms with van der Waals surface area (Å²) >= 11 is 0. The molecule has 0 radical (unpaired) electrons. The first kappa shape index (κ1) is 13.7. The van der Waals surface area contributed by atoms with Crippen LogP contribution in [0.15, 0.2) is 18.5 Å². The third-order valence-electron chi connectivity index (χ3n) is 3.49. The summed E-state index contributed by atoms with van der Waals surface area (Å²) in [5.41, 5.74) is 5.91. The lowest BCUT2D eigenvalue weighted by atomic mass is 9.97. The molecule has 0 spiro atoms. The van der Waals surface area contributed by atoms with Crippen LogP contribution in [0.2, 0.25) is 0 Å². The largest absolute Gasteiger partial charge is 0.306 e. The van der Waals surface area contributed by atoms with E-state index in [9.17, 15) is 0 Å². The highest BCUT2D eigenvalue weighted by Crippen LogP contribution is 2.27. The molecule has 0 aliphatic heterocycles. The van der Waals surface area contributed by atoms with Crippen molar-refractivity contribution >= 4 is 0 Å². The lowest BCUT2D eigenvalue weighted by Gasteiger charge is -2.19. The minimum Gasteiger partial charge on any atom is -0.306 e. The maximum Gasteiger partial charge on any atom is 0.0647 e. The van der Waals surface area contributed by atoms with E-state index < -0.39 is 0 Å². The van der Waals surface area contributed by atoms with E-state index in [1.807, 2.05) is 24.1 Å². The van der Waals surface area contributed by atoms with E-state index in [2.05, 4.69) is 49.2 Å². The van der Waals surface area contributed by atoms with Crippen LogP contribution in [-0.2, 0) is 7.05 Å². The molecule has 1 atom stereocenters. The zero-order valence-electron chi connectivity index (χ0n) is 12.4. The van der Waals surface area contributed by atoms with Crippen LogP contribution in [0.1, 0.15) is 41.0 Å². The van der Waals surface area contributed by atoms with Gasteiger partial charge in [-0.3, -0.25) is 9.67 Å². The van der Waals surface area contributed by atoms with Gasteiger partial charge in [0.2, 0.25) is 0 Å². The van der Waals surface area contributed by atoms with Crippen molar-refractivity contribution in [2.24, 2.45) is 7.05 Å². The molecule has 4 heteroatoms. The summed E-state index contributed by atoms with van der Waals surface area (Å²) in [5.74, 6) is 0. The lowest BCUT2D eigenvalue weighted by Crippen LogP contribution is -2.23. The molecular formula is C15H22N4. The SMILES string of the molecule is CCNC(c1cncc(C)c1)c1c(C)nn(C)c1C. The summed E-state index contributed by atoms with van der Waals surface area (Å²) in [6.07, 6.45) is 3.82. The summed E-state index contributed by atoms with van der Waals surface area (Å²) in [6, 6.07) is 2.35. The van der Waals surface area contributed by atoms with E-state index in [1.165, 1.54) is 22.4 Å². The van der Waals surface area contributed by atoms with Gasteiger partial charge in [0.05, 0.1) is 11.7 Å². The Morgan fingerprint density at radius 2 is 2.00 bits per heavy atom. The van der Waals surface area contributed by atoms with Crippen LogP contribution in [0.25, 0.3) is 0 Å². The number of pyridine rings is 1. The van der Waals surface area contributed by atoms with Crippen molar-refractivity contribution < 1.29 is 0 Å². The standard InChI is InChI=1S/C15H22N4/c1-6-17-15(13-7-10(2)8-16-9-13)14-11(3)18-19(5)12(14)4/h7-9,15,17H,6H2,1-5H3. The van der Waals surface area contributed by atoms with Crippen molar-refractivity contribution in [1.29, 1.82) is 0 Å². The minimum atomic E-state index is 0.158. The van der Waals surface area contributed by atoms with E-state index in [-0.39, 0.29) is 6.04 Å². The summed E-state index contributed by atoms with van der Waals surface area (Å²) in [5, 5.41) is 8.06. The second-order valence-corrected chi connectivity index (χ2v) is 4.99. The number of hydrogen-bond acceptors (Lipinski definition) is 3. The van der Waals surface area contributed by atoms with Gasteiger partial charge >= 0.3 is 0 Å². The molecular weight excluding hydrogens is 236 g/mol. The average molecular weight is 258 g/mol. The van der Waals surface area contributed by atoms with Crippen LogP contribution < -0.4 is 5.32 Å². The monoisotopic (exact) mass is 258 g/mol. The predicted molar refractivity (Wildman–Crippen MR) is 77.2 cm³/mol. The molecule has 0 bridgehead atoms. The number of nitrogens with one attached hydrogen (secondary N) is 1. The van der Waals surface area contributed by atoms with Crippen LogP contribution >= 0.6 is 0 Å². The summed E-state index contributed by atoms with van der Waals surface area (Å²) < 4.78 is 1.94. The van der Waals surface area contributed by atoms with Crippen molar-refractivity contribution in [3.05, 3.63) is 46.5 Å². The van der Waals surface area contributed by atoms with E-state index in [1.54, 1.807) is 0 Å². The molecule has 0 amide bonds. The molecule has 0 fully saturated rings. The fourth-order valence-electron chi connectivity index (χ4n) is 2.53. The molecule has 19 heavy (non-hydrogen) atoms. The van der Waals surface area contributed by atoms with Crippen molar-refractivity contribution in [2.75, 3.05) is 6.54 Å². The first-order valence-electron chi connectivity index (χ1n) is 6.69. The van der Waals surface area contributed by atoms with E-state index in [0.29, 0.717) is 0 Å². The van der Waals surface area contributed by atoms with Crippen LogP contribution in [0.3, 0.4) is 0 Å². The maximum atomic E-state index is 4.52. The van der Waals surface area contributed by atoms with Crippen LogP contribution in [-0.4, -0.2) is 21.3 Å². The zero-order chi connectivity index (χ0) is 14.0. The molecule has 102 valence electrons. The summed E-state index contributed by atoms with van der Waals surface area (Å²) in [4.78, 5) is 4.31. The Bertz CT molecular complexity index is 572. The van der Waals surface area contributed by atoms with Gasteiger partial charge in [0.1, 0.15) is 0 Å². The van der Waals surface area contributed by atoms with Gasteiger partial charge in [-0.2, -0.15) is 5.10 Å². The van der Waals surface area contributed by atoms with Gasteiger partial charge in [-0.05, 0) is 38.4 Å². The molecule has 0 aromatic carbocycles. The Morgan fingerprint density at radius 3 is 2.53 bits per heavy atom. The molecule has 0 aliphatic carbocycles. The first-order valence-corrected chi connectivity index (χ1v) is 6.69. The van der Waals surface area contributed by atoms with Gasteiger partial charge in [0, 0.05) is 30.7 Å². The number of nitrogens with zero attached hydrogens (tertiary/aromatic N) is 3. The maximum absolute atomic E-state index is 4.52.